The lowest BCUT2D eigenvalue weighted by atomic mass is 10.2. The first-order valence-electron chi connectivity index (χ1n) is 5.41. The molecule has 0 bridgehead atoms. The minimum atomic E-state index is 0.0303. The van der Waals surface area contributed by atoms with Gasteiger partial charge in [0.25, 0.3) is 0 Å². The van der Waals surface area contributed by atoms with Gasteiger partial charge in [0, 0.05) is 19.5 Å². The minimum Gasteiger partial charge on any atom is -0.143 e. The zero-order valence-electron chi connectivity index (χ0n) is 9.71. The summed E-state index contributed by atoms with van der Waals surface area (Å²) in [6.07, 6.45) is 1.09. The largest absolute Gasteiger partial charge is 0.143 e. The summed E-state index contributed by atoms with van der Waals surface area (Å²) >= 11 is 10.1. The van der Waals surface area contributed by atoms with E-state index in [4.69, 9.17) is 11.6 Å². The summed E-state index contributed by atoms with van der Waals surface area (Å²) < 4.78 is 0. The van der Waals surface area contributed by atoms with Gasteiger partial charge < -0.3 is 0 Å². The van der Waals surface area contributed by atoms with Gasteiger partial charge in [-0.05, 0) is 44.0 Å². The van der Waals surface area contributed by atoms with Crippen molar-refractivity contribution in [3.8, 4) is 0 Å². The zero-order valence-corrected chi connectivity index (χ0v) is 12.1. The first-order valence-corrected chi connectivity index (χ1v) is 7.48. The van der Waals surface area contributed by atoms with E-state index in [-0.39, 0.29) is 5.38 Å². The Labute approximate surface area is 110 Å². The van der Waals surface area contributed by atoms with E-state index in [9.17, 15) is 0 Å². The molecule has 0 N–H and O–H groups in total. The van der Waals surface area contributed by atoms with Gasteiger partial charge in [0.1, 0.15) is 5.38 Å². The van der Waals surface area contributed by atoms with Crippen LogP contribution >= 0.6 is 34.3 Å². The minimum absolute atomic E-state index is 0.0303. The molecule has 0 fully saturated rings. The van der Waals surface area contributed by atoms with Crippen LogP contribution in [0.15, 0.2) is 18.2 Å². The van der Waals surface area contributed by atoms with Crippen molar-refractivity contribution in [3.05, 3.63) is 43.3 Å². The zero-order chi connectivity index (χ0) is 11.7. The van der Waals surface area contributed by atoms with E-state index >= 15 is 0 Å². The smallest absolute Gasteiger partial charge is 0.102 e. The maximum Gasteiger partial charge on any atom is 0.102 e. The first-order chi connectivity index (χ1) is 7.61. The van der Waals surface area contributed by atoms with E-state index < -0.39 is 0 Å². The molecule has 16 heavy (non-hydrogen) atoms. The fourth-order valence-corrected chi connectivity index (χ4v) is 4.05. The molecule has 0 amide bonds. The lowest BCUT2D eigenvalue weighted by Gasteiger charge is -2.03. The summed E-state index contributed by atoms with van der Waals surface area (Å²) in [6, 6.07) is 6.55. The molecular formula is C13H15ClS2. The summed E-state index contributed by atoms with van der Waals surface area (Å²) in [6.45, 7) is 6.47. The molecule has 0 nitrogen and oxygen atoms in total. The predicted molar refractivity (Wildman–Crippen MR) is 75.2 cm³/mol. The number of rotatable bonds is 3. The lowest BCUT2D eigenvalue weighted by molar-refractivity contribution is 1.19. The van der Waals surface area contributed by atoms with E-state index in [1.54, 1.807) is 0 Å². The number of thiophene rings is 2. The third kappa shape index (κ3) is 2.34. The van der Waals surface area contributed by atoms with Gasteiger partial charge in [-0.25, -0.2) is 0 Å². The van der Waals surface area contributed by atoms with Gasteiger partial charge in [-0.15, -0.1) is 34.3 Å². The lowest BCUT2D eigenvalue weighted by Crippen LogP contribution is -1.84. The van der Waals surface area contributed by atoms with Crippen molar-refractivity contribution in [2.45, 2.75) is 32.6 Å². The Balaban J connectivity index is 2.27. The topological polar surface area (TPSA) is 0 Å². The Morgan fingerprint density at radius 2 is 1.94 bits per heavy atom. The Bertz CT molecular complexity index is 462. The molecule has 0 aromatic carbocycles. The third-order valence-electron chi connectivity index (χ3n) is 2.72. The summed E-state index contributed by atoms with van der Waals surface area (Å²) in [4.78, 5) is 5.31. The molecule has 1 atom stereocenters. The van der Waals surface area contributed by atoms with E-state index in [2.05, 4.69) is 39.0 Å². The standard InChI is InChI=1S/C13H15ClS2/c1-4-10-5-6-11(16-10)13(14)12-7-8(2)9(3)15-12/h5-7,13H,4H2,1-3H3. The maximum absolute atomic E-state index is 6.51. The summed E-state index contributed by atoms with van der Waals surface area (Å²) in [5, 5.41) is 0.0303. The molecule has 0 saturated carbocycles. The molecule has 3 heteroatoms. The van der Waals surface area contributed by atoms with Crippen molar-refractivity contribution < 1.29 is 0 Å². The highest BCUT2D eigenvalue weighted by atomic mass is 35.5. The van der Waals surface area contributed by atoms with Crippen molar-refractivity contribution in [2.24, 2.45) is 0 Å². The fourth-order valence-electron chi connectivity index (χ4n) is 1.59. The molecule has 0 aliphatic heterocycles. The van der Waals surface area contributed by atoms with Crippen molar-refractivity contribution in [1.82, 2.24) is 0 Å². The van der Waals surface area contributed by atoms with Gasteiger partial charge in [-0.1, -0.05) is 6.92 Å². The Morgan fingerprint density at radius 1 is 1.19 bits per heavy atom. The molecule has 2 heterocycles. The number of hydrogen-bond donors (Lipinski definition) is 0. The van der Waals surface area contributed by atoms with E-state index in [1.807, 2.05) is 22.7 Å². The van der Waals surface area contributed by atoms with Crippen LogP contribution in [-0.2, 0) is 6.42 Å². The number of aryl methyl sites for hydroxylation is 3. The van der Waals surface area contributed by atoms with Crippen LogP contribution in [0.2, 0.25) is 0 Å². The van der Waals surface area contributed by atoms with Crippen LogP contribution in [0.1, 0.15) is 37.4 Å². The highest BCUT2D eigenvalue weighted by molar-refractivity contribution is 7.14. The van der Waals surface area contributed by atoms with Crippen LogP contribution in [0.5, 0.6) is 0 Å². The van der Waals surface area contributed by atoms with Crippen molar-refractivity contribution in [3.63, 3.8) is 0 Å². The molecule has 0 saturated heterocycles. The van der Waals surface area contributed by atoms with Crippen LogP contribution in [0.4, 0.5) is 0 Å². The van der Waals surface area contributed by atoms with Crippen LogP contribution < -0.4 is 0 Å². The third-order valence-corrected chi connectivity index (χ3v) is 5.96. The molecule has 86 valence electrons. The quantitative estimate of drug-likeness (QED) is 0.663. The van der Waals surface area contributed by atoms with Crippen molar-refractivity contribution in [2.75, 3.05) is 0 Å². The molecule has 2 aromatic rings. The van der Waals surface area contributed by atoms with Gasteiger partial charge in [-0.3, -0.25) is 0 Å². The highest BCUT2D eigenvalue weighted by Gasteiger charge is 2.16. The average molecular weight is 271 g/mol. The molecular weight excluding hydrogens is 256 g/mol. The van der Waals surface area contributed by atoms with Crippen LogP contribution in [-0.4, -0.2) is 0 Å². The molecule has 1 unspecified atom stereocenters. The summed E-state index contributed by atoms with van der Waals surface area (Å²) in [5.41, 5.74) is 1.35. The molecule has 0 spiro atoms. The SMILES string of the molecule is CCc1ccc(C(Cl)c2cc(C)c(C)s2)s1. The van der Waals surface area contributed by atoms with Gasteiger partial charge in [0.2, 0.25) is 0 Å². The van der Waals surface area contributed by atoms with Gasteiger partial charge in [0.15, 0.2) is 0 Å². The second kappa shape index (κ2) is 4.91. The van der Waals surface area contributed by atoms with E-state index in [1.165, 1.54) is 25.1 Å². The van der Waals surface area contributed by atoms with Crippen molar-refractivity contribution >= 4 is 34.3 Å². The summed E-state index contributed by atoms with van der Waals surface area (Å²) in [7, 11) is 0. The number of hydrogen-bond acceptors (Lipinski definition) is 2. The molecule has 0 radical (unpaired) electrons. The molecule has 0 aliphatic carbocycles. The van der Waals surface area contributed by atoms with Crippen LogP contribution in [0.25, 0.3) is 0 Å². The van der Waals surface area contributed by atoms with Crippen LogP contribution in [0, 0.1) is 13.8 Å². The first kappa shape index (κ1) is 12.2. The number of alkyl halides is 1. The van der Waals surface area contributed by atoms with Gasteiger partial charge >= 0.3 is 0 Å². The Morgan fingerprint density at radius 3 is 2.44 bits per heavy atom. The monoisotopic (exact) mass is 270 g/mol. The van der Waals surface area contributed by atoms with Crippen LogP contribution in [0.3, 0.4) is 0 Å². The molecule has 2 aromatic heterocycles. The summed E-state index contributed by atoms with van der Waals surface area (Å²) in [5.74, 6) is 0. The fraction of sp³-hybridized carbons (Fsp3) is 0.385. The Kier molecular flexibility index (Phi) is 3.73. The Hall–Kier alpha value is -0.310. The molecule has 2 rings (SSSR count). The maximum atomic E-state index is 6.51. The predicted octanol–water partition coefficient (Wildman–Crippen LogP) is 5.32. The second-order valence-corrected chi connectivity index (χ2v) is 6.83. The van der Waals surface area contributed by atoms with Crippen molar-refractivity contribution in [1.29, 1.82) is 0 Å². The highest BCUT2D eigenvalue weighted by Crippen LogP contribution is 2.38. The van der Waals surface area contributed by atoms with E-state index in [0.29, 0.717) is 0 Å². The average Bonchev–Trinajstić information content (AvgIpc) is 2.86. The molecule has 0 aliphatic rings. The normalized spacial score (nSPS) is 13.0. The second-order valence-electron chi connectivity index (χ2n) is 3.91. The van der Waals surface area contributed by atoms with Gasteiger partial charge in [-0.2, -0.15) is 0 Å². The van der Waals surface area contributed by atoms with Gasteiger partial charge in [0.05, 0.1) is 0 Å². The number of halogens is 1. The van der Waals surface area contributed by atoms with E-state index in [0.717, 1.165) is 6.42 Å².